The molecule has 2 unspecified atom stereocenters. The summed E-state index contributed by atoms with van der Waals surface area (Å²) < 4.78 is 11.8. The fourth-order valence-corrected chi connectivity index (χ4v) is 5.73. The molecule has 2 aromatic carbocycles. The fourth-order valence-electron chi connectivity index (χ4n) is 5.73. The maximum absolute atomic E-state index is 13.5. The molecule has 0 saturated heterocycles. The first-order valence-corrected chi connectivity index (χ1v) is 12.1. The summed E-state index contributed by atoms with van der Waals surface area (Å²) in [5.74, 6) is 0.422. The Morgan fingerprint density at radius 2 is 1.64 bits per heavy atom. The van der Waals surface area contributed by atoms with Crippen molar-refractivity contribution in [2.45, 2.75) is 71.7 Å². The highest BCUT2D eigenvalue weighted by Gasteiger charge is 2.43. The Labute approximate surface area is 197 Å². The van der Waals surface area contributed by atoms with Gasteiger partial charge in [-0.3, -0.25) is 4.79 Å². The molecular weight excluding hydrogens is 412 g/mol. The van der Waals surface area contributed by atoms with Crippen molar-refractivity contribution >= 4 is 11.4 Å². The number of carbonyl (C=O) groups excluding carboxylic acids is 1. The van der Waals surface area contributed by atoms with E-state index in [2.05, 4.69) is 31.2 Å². The molecule has 0 radical (unpaired) electrons. The molecule has 1 fully saturated rings. The molecule has 176 valence electrons. The Morgan fingerprint density at radius 1 is 1.00 bits per heavy atom. The first kappa shape index (κ1) is 23.7. The van der Waals surface area contributed by atoms with Gasteiger partial charge in [-0.2, -0.15) is 0 Å². The fraction of sp³-hybridized carbons (Fsp3) is 0.483. The molecule has 0 amide bonds. The minimum atomic E-state index is -0.652. The number of ether oxygens (including phenoxy) is 2. The molecule has 0 bridgehead atoms. The number of aliphatic hydroxyl groups excluding tert-OH is 1. The number of ketones is 1. The quantitative estimate of drug-likeness (QED) is 0.591. The van der Waals surface area contributed by atoms with Crippen LogP contribution in [0.4, 0.5) is 0 Å². The Bertz CT molecular complexity index is 992. The molecule has 0 heterocycles. The van der Waals surface area contributed by atoms with Crippen LogP contribution in [0.15, 0.2) is 48.2 Å². The van der Waals surface area contributed by atoms with Crippen LogP contribution in [0.25, 0.3) is 5.57 Å². The van der Waals surface area contributed by atoms with Crippen molar-refractivity contribution in [3.05, 3.63) is 76.0 Å². The average Bonchev–Trinajstić information content (AvgIpc) is 3.13. The lowest BCUT2D eigenvalue weighted by molar-refractivity contribution is -0.122. The maximum atomic E-state index is 13.5. The van der Waals surface area contributed by atoms with Crippen LogP contribution in [0, 0.1) is 32.6 Å². The minimum absolute atomic E-state index is 0.0249. The van der Waals surface area contributed by atoms with Crippen molar-refractivity contribution in [1.29, 1.82) is 0 Å². The molecule has 2 aromatic rings. The number of aryl methyl sites for hydroxylation is 3. The van der Waals surface area contributed by atoms with E-state index >= 15 is 0 Å². The van der Waals surface area contributed by atoms with Crippen molar-refractivity contribution < 1.29 is 19.4 Å². The normalized spacial score (nSPS) is 24.3. The van der Waals surface area contributed by atoms with E-state index in [0.717, 1.165) is 42.4 Å². The zero-order valence-corrected chi connectivity index (χ0v) is 20.3. The van der Waals surface area contributed by atoms with Gasteiger partial charge in [-0.15, -0.1) is 0 Å². The molecular formula is C29H36O4. The average molecular weight is 449 g/mol. The van der Waals surface area contributed by atoms with Crippen molar-refractivity contribution in [3.8, 4) is 0 Å². The molecule has 33 heavy (non-hydrogen) atoms. The topological polar surface area (TPSA) is 55.8 Å². The number of hydrogen-bond donors (Lipinski definition) is 1. The van der Waals surface area contributed by atoms with Crippen LogP contribution in [-0.2, 0) is 20.9 Å². The van der Waals surface area contributed by atoms with Gasteiger partial charge < -0.3 is 14.6 Å². The second-order valence-corrected chi connectivity index (χ2v) is 9.77. The van der Waals surface area contributed by atoms with E-state index in [1.54, 1.807) is 7.11 Å². The third kappa shape index (κ3) is 5.07. The highest BCUT2D eigenvalue weighted by atomic mass is 16.5. The summed E-state index contributed by atoms with van der Waals surface area (Å²) in [4.78, 5) is 13.5. The van der Waals surface area contributed by atoms with Gasteiger partial charge >= 0.3 is 0 Å². The van der Waals surface area contributed by atoms with Gasteiger partial charge in [0.2, 0.25) is 0 Å². The van der Waals surface area contributed by atoms with Gasteiger partial charge in [-0.05, 0) is 74.6 Å². The first-order valence-electron chi connectivity index (χ1n) is 12.1. The number of hydrogen-bond acceptors (Lipinski definition) is 4. The third-order valence-corrected chi connectivity index (χ3v) is 7.38. The van der Waals surface area contributed by atoms with Crippen LogP contribution < -0.4 is 0 Å². The minimum Gasteiger partial charge on any atom is -0.500 e. The largest absolute Gasteiger partial charge is 0.500 e. The molecule has 0 aliphatic heterocycles. The molecule has 2 aliphatic carbocycles. The van der Waals surface area contributed by atoms with Crippen LogP contribution in [0.3, 0.4) is 0 Å². The zero-order chi connectivity index (χ0) is 23.5. The van der Waals surface area contributed by atoms with E-state index in [0.29, 0.717) is 24.4 Å². The number of carbonyl (C=O) groups is 1. The lowest BCUT2D eigenvalue weighted by Gasteiger charge is -2.33. The first-order chi connectivity index (χ1) is 15.9. The van der Waals surface area contributed by atoms with E-state index in [9.17, 15) is 9.90 Å². The Hall–Kier alpha value is -2.43. The van der Waals surface area contributed by atoms with E-state index in [-0.39, 0.29) is 17.8 Å². The van der Waals surface area contributed by atoms with Gasteiger partial charge in [0.25, 0.3) is 0 Å². The van der Waals surface area contributed by atoms with Crippen LogP contribution in [0.2, 0.25) is 0 Å². The van der Waals surface area contributed by atoms with Crippen molar-refractivity contribution in [3.63, 3.8) is 0 Å². The number of benzene rings is 2. The zero-order valence-electron chi connectivity index (χ0n) is 20.3. The summed E-state index contributed by atoms with van der Waals surface area (Å²) in [6.45, 7) is 6.78. The van der Waals surface area contributed by atoms with Crippen molar-refractivity contribution in [2.75, 3.05) is 7.11 Å². The van der Waals surface area contributed by atoms with Crippen LogP contribution in [0.1, 0.15) is 59.9 Å². The molecule has 1 saturated carbocycles. The summed E-state index contributed by atoms with van der Waals surface area (Å²) in [7, 11) is 1.63. The SMILES string of the molecule is COC1=C(c2c(C)cc(C)cc2C)C(=O)C(C(O)C2CCC(OCc3ccccc3)CC2)C1. The molecule has 0 spiro atoms. The van der Waals surface area contributed by atoms with Crippen LogP contribution in [0.5, 0.6) is 0 Å². The Morgan fingerprint density at radius 3 is 2.24 bits per heavy atom. The van der Waals surface area contributed by atoms with Crippen LogP contribution in [-0.4, -0.2) is 30.2 Å². The van der Waals surface area contributed by atoms with Gasteiger partial charge in [0, 0.05) is 6.42 Å². The molecule has 1 N–H and O–H groups in total. The van der Waals surface area contributed by atoms with E-state index in [4.69, 9.17) is 9.47 Å². The van der Waals surface area contributed by atoms with Gasteiger partial charge in [-0.1, -0.05) is 48.0 Å². The third-order valence-electron chi connectivity index (χ3n) is 7.38. The molecule has 4 nitrogen and oxygen atoms in total. The number of aliphatic hydroxyl groups is 1. The van der Waals surface area contributed by atoms with Gasteiger partial charge in [-0.25, -0.2) is 0 Å². The van der Waals surface area contributed by atoms with Crippen LogP contribution >= 0.6 is 0 Å². The van der Waals surface area contributed by atoms with Gasteiger partial charge in [0.05, 0.1) is 37.4 Å². The molecule has 2 atom stereocenters. The lowest BCUT2D eigenvalue weighted by atomic mass is 9.77. The van der Waals surface area contributed by atoms with Crippen molar-refractivity contribution in [1.82, 2.24) is 0 Å². The molecule has 4 heteroatoms. The summed E-state index contributed by atoms with van der Waals surface area (Å²) >= 11 is 0. The summed E-state index contributed by atoms with van der Waals surface area (Å²) in [6, 6.07) is 14.4. The number of methoxy groups -OCH3 is 1. The monoisotopic (exact) mass is 448 g/mol. The van der Waals surface area contributed by atoms with Gasteiger partial charge in [0.1, 0.15) is 5.76 Å². The summed E-state index contributed by atoms with van der Waals surface area (Å²) in [5, 5.41) is 11.3. The summed E-state index contributed by atoms with van der Waals surface area (Å²) in [5.41, 5.74) is 6.16. The highest BCUT2D eigenvalue weighted by molar-refractivity contribution is 6.25. The predicted octanol–water partition coefficient (Wildman–Crippen LogP) is 5.69. The Kier molecular flexibility index (Phi) is 7.35. The van der Waals surface area contributed by atoms with Crippen molar-refractivity contribution in [2.24, 2.45) is 11.8 Å². The predicted molar refractivity (Wildman–Crippen MR) is 131 cm³/mol. The highest BCUT2D eigenvalue weighted by Crippen LogP contribution is 2.43. The maximum Gasteiger partial charge on any atom is 0.172 e. The van der Waals surface area contributed by atoms with E-state index in [1.807, 2.05) is 32.0 Å². The second-order valence-electron chi connectivity index (χ2n) is 9.77. The summed E-state index contributed by atoms with van der Waals surface area (Å²) in [6.07, 6.45) is 3.64. The van der Waals surface area contributed by atoms with Gasteiger partial charge in [0.15, 0.2) is 5.78 Å². The van der Waals surface area contributed by atoms with E-state index < -0.39 is 12.0 Å². The molecule has 2 aliphatic rings. The second kappa shape index (κ2) is 10.2. The number of allylic oxidation sites excluding steroid dienone is 2. The Balaban J connectivity index is 1.40. The van der Waals surface area contributed by atoms with E-state index in [1.165, 1.54) is 11.1 Å². The molecule has 4 rings (SSSR count). The lowest BCUT2D eigenvalue weighted by Crippen LogP contribution is -2.36. The number of Topliss-reactive ketones (excluding diaryl/α,β-unsaturated/α-hetero) is 1. The molecule has 0 aromatic heterocycles. The standard InChI is InChI=1S/C29H36O4/c1-18-14-19(2)26(20(3)15-18)27-25(32-4)16-24(29(27)31)28(30)22-10-12-23(13-11-22)33-17-21-8-6-5-7-9-21/h5-9,14-15,22-24,28,30H,10-13,16-17H2,1-4H3. The number of rotatable bonds is 7. The smallest absolute Gasteiger partial charge is 0.172 e.